The fourth-order valence-corrected chi connectivity index (χ4v) is 4.15. The van der Waals surface area contributed by atoms with Crippen LogP contribution in [0.5, 0.6) is 0 Å². The molecule has 9 nitrogen and oxygen atoms in total. The number of piperidine rings is 1. The molecule has 0 saturated carbocycles. The van der Waals surface area contributed by atoms with Gasteiger partial charge in [0.25, 0.3) is 5.91 Å². The van der Waals surface area contributed by atoms with E-state index in [-0.39, 0.29) is 24.2 Å². The Morgan fingerprint density at radius 1 is 1.19 bits per heavy atom. The van der Waals surface area contributed by atoms with Crippen LogP contribution in [0.4, 0.5) is 6.01 Å². The number of hydrogen-bond acceptors (Lipinski definition) is 7. The van der Waals surface area contributed by atoms with E-state index in [1.54, 1.807) is 18.2 Å². The van der Waals surface area contributed by atoms with Crippen LogP contribution < -0.4 is 10.6 Å². The fraction of sp³-hybridized carbons (Fsp3) is 0.227. The van der Waals surface area contributed by atoms with Crippen LogP contribution in [0.1, 0.15) is 34.3 Å². The second kappa shape index (κ2) is 8.08. The number of amides is 3. The normalized spacial score (nSPS) is 18.0. The third-order valence-electron chi connectivity index (χ3n) is 5.54. The van der Waals surface area contributed by atoms with Crippen molar-refractivity contribution in [1.82, 2.24) is 20.4 Å². The molecule has 1 atom stereocenters. The number of fused-ring (bicyclic) bond motifs is 1. The van der Waals surface area contributed by atoms with Gasteiger partial charge in [-0.25, -0.2) is 0 Å². The van der Waals surface area contributed by atoms with Crippen LogP contribution in [0.2, 0.25) is 5.02 Å². The van der Waals surface area contributed by atoms with Crippen molar-refractivity contribution in [2.75, 3.05) is 5.32 Å². The minimum atomic E-state index is -0.627. The number of carbonyl (C=O) groups excluding carboxylic acids is 3. The minimum Gasteiger partial charge on any atom is -0.334 e. The SMILES string of the molecule is O=C1CCC(N2Cc3cc(CNc4nc(-c5cccc(Cl)c5)no4)ccc3C2=O)C(=O)N1. The monoisotopic (exact) mass is 451 g/mol. The summed E-state index contributed by atoms with van der Waals surface area (Å²) in [4.78, 5) is 42.2. The van der Waals surface area contributed by atoms with Crippen LogP contribution in [-0.4, -0.2) is 38.8 Å². The quantitative estimate of drug-likeness (QED) is 0.572. The lowest BCUT2D eigenvalue weighted by molar-refractivity contribution is -0.136. The molecule has 1 saturated heterocycles. The van der Waals surface area contributed by atoms with Gasteiger partial charge in [0.05, 0.1) is 0 Å². The minimum absolute atomic E-state index is 0.197. The Morgan fingerprint density at radius 3 is 2.88 bits per heavy atom. The molecular weight excluding hydrogens is 434 g/mol. The van der Waals surface area contributed by atoms with Gasteiger partial charge in [-0.1, -0.05) is 41.0 Å². The van der Waals surface area contributed by atoms with Crippen molar-refractivity contribution in [3.8, 4) is 11.4 Å². The first-order chi connectivity index (χ1) is 15.5. The van der Waals surface area contributed by atoms with Crippen molar-refractivity contribution in [1.29, 1.82) is 0 Å². The van der Waals surface area contributed by atoms with Gasteiger partial charge in [0, 0.05) is 35.7 Å². The molecule has 0 aliphatic carbocycles. The number of nitrogens with one attached hydrogen (secondary N) is 2. The van der Waals surface area contributed by atoms with Gasteiger partial charge in [0.2, 0.25) is 17.6 Å². The maximum absolute atomic E-state index is 12.8. The lowest BCUT2D eigenvalue weighted by Crippen LogP contribution is -2.52. The third kappa shape index (κ3) is 3.82. The molecule has 32 heavy (non-hydrogen) atoms. The summed E-state index contributed by atoms with van der Waals surface area (Å²) in [6, 6.07) is 12.3. The highest BCUT2D eigenvalue weighted by Crippen LogP contribution is 2.28. The van der Waals surface area contributed by atoms with Crippen molar-refractivity contribution in [2.45, 2.75) is 32.0 Å². The van der Waals surface area contributed by atoms with E-state index in [9.17, 15) is 14.4 Å². The Morgan fingerprint density at radius 2 is 2.06 bits per heavy atom. The van der Waals surface area contributed by atoms with Crippen LogP contribution in [0.15, 0.2) is 47.0 Å². The average Bonchev–Trinajstić information content (AvgIpc) is 3.37. The van der Waals surface area contributed by atoms with E-state index >= 15 is 0 Å². The standard InChI is InChI=1S/C22H18ClN5O4/c23-15-3-1-2-13(9-15)19-26-22(32-27-19)24-10-12-4-5-16-14(8-12)11-28(21(16)31)17-6-7-18(29)25-20(17)30/h1-5,8-9,17H,6-7,10-11H2,(H,24,26,27)(H,25,29,30). The zero-order valence-corrected chi connectivity index (χ0v) is 17.6. The molecule has 3 aromatic rings. The molecule has 1 unspecified atom stereocenters. The Hall–Kier alpha value is -3.72. The number of anilines is 1. The fourth-order valence-electron chi connectivity index (χ4n) is 3.96. The smallest absolute Gasteiger partial charge is 0.322 e. The van der Waals surface area contributed by atoms with E-state index in [0.29, 0.717) is 35.9 Å². The number of halogens is 1. The highest BCUT2D eigenvalue weighted by atomic mass is 35.5. The third-order valence-corrected chi connectivity index (χ3v) is 5.78. The molecule has 2 N–H and O–H groups in total. The van der Waals surface area contributed by atoms with Crippen molar-refractivity contribution in [3.05, 3.63) is 64.2 Å². The molecule has 0 spiro atoms. The maximum Gasteiger partial charge on any atom is 0.322 e. The molecule has 0 bridgehead atoms. The van der Waals surface area contributed by atoms with E-state index in [4.69, 9.17) is 16.1 Å². The van der Waals surface area contributed by atoms with Crippen LogP contribution in [0, 0.1) is 0 Å². The van der Waals surface area contributed by atoms with E-state index in [2.05, 4.69) is 20.8 Å². The molecule has 2 aliphatic heterocycles. The number of aromatic nitrogens is 2. The van der Waals surface area contributed by atoms with Gasteiger partial charge in [-0.05, 0) is 35.7 Å². The number of benzene rings is 2. The summed E-state index contributed by atoms with van der Waals surface area (Å²) in [6.07, 6.45) is 0.567. The lowest BCUT2D eigenvalue weighted by atomic mass is 10.0. The van der Waals surface area contributed by atoms with Gasteiger partial charge < -0.3 is 14.7 Å². The molecule has 0 radical (unpaired) electrons. The molecule has 1 aromatic heterocycles. The second-order valence-electron chi connectivity index (χ2n) is 7.68. The van der Waals surface area contributed by atoms with Crippen molar-refractivity contribution in [3.63, 3.8) is 0 Å². The van der Waals surface area contributed by atoms with Gasteiger partial charge in [0.15, 0.2) is 0 Å². The van der Waals surface area contributed by atoms with E-state index in [0.717, 1.165) is 16.7 Å². The summed E-state index contributed by atoms with van der Waals surface area (Å²) in [5.41, 5.74) is 3.08. The largest absolute Gasteiger partial charge is 0.334 e. The van der Waals surface area contributed by atoms with Gasteiger partial charge in [-0.2, -0.15) is 4.98 Å². The number of rotatable bonds is 5. The van der Waals surface area contributed by atoms with Gasteiger partial charge in [-0.15, -0.1) is 0 Å². The summed E-state index contributed by atoms with van der Waals surface area (Å²) in [6.45, 7) is 0.741. The van der Waals surface area contributed by atoms with E-state index in [1.807, 2.05) is 24.3 Å². The molecular formula is C22H18ClN5O4. The molecule has 162 valence electrons. The lowest BCUT2D eigenvalue weighted by Gasteiger charge is -2.29. The molecule has 10 heteroatoms. The van der Waals surface area contributed by atoms with Crippen molar-refractivity contribution in [2.24, 2.45) is 0 Å². The first kappa shape index (κ1) is 20.2. The maximum atomic E-state index is 12.8. The topological polar surface area (TPSA) is 117 Å². The molecule has 5 rings (SSSR count). The molecule has 2 aliphatic rings. The number of hydrogen-bond donors (Lipinski definition) is 2. The first-order valence-corrected chi connectivity index (χ1v) is 10.5. The predicted octanol–water partition coefficient (Wildman–Crippen LogP) is 2.76. The highest BCUT2D eigenvalue weighted by Gasteiger charge is 2.39. The number of imide groups is 1. The van der Waals surface area contributed by atoms with Crippen LogP contribution >= 0.6 is 11.6 Å². The van der Waals surface area contributed by atoms with Crippen molar-refractivity contribution >= 4 is 35.3 Å². The first-order valence-electron chi connectivity index (χ1n) is 10.1. The molecule has 3 amide bonds. The van der Waals surface area contributed by atoms with Gasteiger partial charge >= 0.3 is 6.01 Å². The van der Waals surface area contributed by atoms with Crippen molar-refractivity contribution < 1.29 is 18.9 Å². The Labute approximate surface area is 187 Å². The Bertz CT molecular complexity index is 1240. The second-order valence-corrected chi connectivity index (χ2v) is 8.11. The highest BCUT2D eigenvalue weighted by molar-refractivity contribution is 6.30. The summed E-state index contributed by atoms with van der Waals surface area (Å²) in [5.74, 6) is -0.494. The number of nitrogens with zero attached hydrogens (tertiary/aromatic N) is 3. The zero-order valence-electron chi connectivity index (χ0n) is 16.8. The molecule has 2 aromatic carbocycles. The zero-order chi connectivity index (χ0) is 22.2. The van der Waals surface area contributed by atoms with E-state index in [1.165, 1.54) is 4.90 Å². The van der Waals surface area contributed by atoms with Crippen LogP contribution in [0.25, 0.3) is 11.4 Å². The average molecular weight is 452 g/mol. The summed E-state index contributed by atoms with van der Waals surface area (Å²) >= 11 is 6.01. The summed E-state index contributed by atoms with van der Waals surface area (Å²) in [5, 5.41) is 9.93. The van der Waals surface area contributed by atoms with Crippen LogP contribution in [-0.2, 0) is 22.7 Å². The molecule has 1 fully saturated rings. The summed E-state index contributed by atoms with van der Waals surface area (Å²) in [7, 11) is 0. The van der Waals surface area contributed by atoms with E-state index < -0.39 is 11.9 Å². The Balaban J connectivity index is 1.26. The molecule has 3 heterocycles. The number of carbonyl (C=O) groups is 3. The van der Waals surface area contributed by atoms with Gasteiger partial charge in [-0.3, -0.25) is 19.7 Å². The summed E-state index contributed by atoms with van der Waals surface area (Å²) < 4.78 is 5.26. The van der Waals surface area contributed by atoms with Crippen LogP contribution in [0.3, 0.4) is 0 Å². The predicted molar refractivity (Wildman–Crippen MR) is 115 cm³/mol. The Kier molecular flexibility index (Phi) is 5.10. The van der Waals surface area contributed by atoms with Gasteiger partial charge in [0.1, 0.15) is 6.04 Å².